The normalized spacial score (nSPS) is 32.1. The summed E-state index contributed by atoms with van der Waals surface area (Å²) in [5, 5.41) is 19.9. The summed E-state index contributed by atoms with van der Waals surface area (Å²) in [6, 6.07) is 10.2. The van der Waals surface area contributed by atoms with Crippen LogP contribution in [-0.4, -0.2) is 43.3 Å². The average Bonchev–Trinajstić information content (AvgIpc) is 3.26. The van der Waals surface area contributed by atoms with Crippen molar-refractivity contribution in [2.75, 3.05) is 6.61 Å². The van der Waals surface area contributed by atoms with Gasteiger partial charge in [-0.1, -0.05) is 91.0 Å². The number of hydrogen-bond acceptors (Lipinski definition) is 4. The molecule has 5 nitrogen and oxygen atoms in total. The first-order valence-electron chi connectivity index (χ1n) is 18.7. The van der Waals surface area contributed by atoms with E-state index in [0.717, 1.165) is 41.6 Å². The Morgan fingerprint density at radius 3 is 1.96 bits per heavy atom. The van der Waals surface area contributed by atoms with Crippen LogP contribution in [0.3, 0.4) is 0 Å². The molecule has 6 rings (SSSR count). The van der Waals surface area contributed by atoms with Gasteiger partial charge in [-0.05, 0) is 109 Å². The van der Waals surface area contributed by atoms with E-state index in [1.807, 2.05) is 18.2 Å². The molecule has 4 bridgehead atoms. The Morgan fingerprint density at radius 2 is 1.46 bits per heavy atom. The Bertz CT molecular complexity index is 1040. The van der Waals surface area contributed by atoms with Crippen molar-refractivity contribution in [3.8, 4) is 0 Å². The number of hydrogen-bond donors (Lipinski definition) is 2. The van der Waals surface area contributed by atoms with Crippen molar-refractivity contribution in [2.24, 2.45) is 35.0 Å². The summed E-state index contributed by atoms with van der Waals surface area (Å²) in [7, 11) is -2.03. The Kier molecular flexibility index (Phi) is 13.6. The van der Waals surface area contributed by atoms with Gasteiger partial charge in [-0.15, -0.1) is 0 Å². The standard InChI is InChI=1S/C29H48O5Si.C11H18/c1-21(2)35(22(3)4,23(5)6)34-20-26-25(16-12-7-8-13-17-29(31)32)27(30)18-28(26)33-19-24-14-10-9-11-15-24;1-11-5-8-2-9(6-11)4-10(3-8)7-11/h7,9-12,14-15,21-23,25-28,30H,8,13,16-20H2,1-6H3,(H,31,32);8-10H,2-7H2,1H3/b12-7-;/t25-,26-,27+,28-;/m1./s1. The fraction of sp³-hybridized carbons (Fsp3) is 0.775. The first-order valence-corrected chi connectivity index (χ1v) is 20.8. The lowest BCUT2D eigenvalue weighted by atomic mass is 9.50. The summed E-state index contributed by atoms with van der Waals surface area (Å²) >= 11 is 0. The van der Waals surface area contributed by atoms with E-state index in [4.69, 9.17) is 14.3 Å². The lowest BCUT2D eigenvalue weighted by Crippen LogP contribution is -2.49. The van der Waals surface area contributed by atoms with Gasteiger partial charge in [0, 0.05) is 25.4 Å². The van der Waals surface area contributed by atoms with Crippen molar-refractivity contribution < 1.29 is 24.2 Å². The highest BCUT2D eigenvalue weighted by Gasteiger charge is 2.49. The molecule has 0 saturated heterocycles. The molecule has 5 fully saturated rings. The predicted octanol–water partition coefficient (Wildman–Crippen LogP) is 10.2. The number of ether oxygens (including phenoxy) is 1. The molecular weight excluding hydrogens is 589 g/mol. The van der Waals surface area contributed by atoms with Crippen LogP contribution in [0.5, 0.6) is 0 Å². The molecule has 0 radical (unpaired) electrons. The quantitative estimate of drug-likeness (QED) is 0.112. The first-order chi connectivity index (χ1) is 21.8. The van der Waals surface area contributed by atoms with Gasteiger partial charge in [0.15, 0.2) is 8.32 Å². The average molecular weight is 655 g/mol. The maximum atomic E-state index is 11.0. The fourth-order valence-electron chi connectivity index (χ4n) is 10.7. The fourth-order valence-corrected chi connectivity index (χ4v) is 16.2. The summed E-state index contributed by atoms with van der Waals surface area (Å²) in [6.07, 6.45) is 16.1. The molecular formula is C40H66O5Si. The maximum Gasteiger partial charge on any atom is 0.303 e. The number of allylic oxidation sites excluding steroid dienone is 2. The van der Waals surface area contributed by atoms with E-state index in [1.165, 1.54) is 0 Å². The summed E-state index contributed by atoms with van der Waals surface area (Å²) in [5.41, 5.74) is 3.45. The molecule has 0 amide bonds. The zero-order valence-corrected chi connectivity index (χ0v) is 31.1. The highest BCUT2D eigenvalue weighted by atomic mass is 28.4. The maximum absolute atomic E-state index is 11.0. The largest absolute Gasteiger partial charge is 0.481 e. The zero-order chi connectivity index (χ0) is 33.5. The van der Waals surface area contributed by atoms with E-state index in [2.05, 4.69) is 72.8 Å². The highest BCUT2D eigenvalue weighted by Crippen LogP contribution is 2.59. The third-order valence-corrected chi connectivity index (χ3v) is 18.3. The number of benzene rings is 1. The Labute approximate surface area is 282 Å². The highest BCUT2D eigenvalue weighted by molar-refractivity contribution is 6.77. The van der Waals surface area contributed by atoms with Gasteiger partial charge in [0.2, 0.25) is 0 Å². The number of carbonyl (C=O) groups is 1. The zero-order valence-electron chi connectivity index (χ0n) is 30.1. The number of carboxylic acids is 1. The van der Waals surface area contributed by atoms with Crippen molar-refractivity contribution in [3.63, 3.8) is 0 Å². The lowest BCUT2D eigenvalue weighted by molar-refractivity contribution is -0.137. The van der Waals surface area contributed by atoms with Crippen LogP contribution in [0, 0.1) is 35.0 Å². The number of aliphatic hydroxyl groups excluding tert-OH is 1. The Hall–Kier alpha value is -1.47. The monoisotopic (exact) mass is 654 g/mol. The van der Waals surface area contributed by atoms with Crippen LogP contribution in [0.1, 0.15) is 125 Å². The van der Waals surface area contributed by atoms with Crippen LogP contribution < -0.4 is 0 Å². The van der Waals surface area contributed by atoms with E-state index in [1.54, 1.807) is 38.5 Å². The number of rotatable bonds is 15. The van der Waals surface area contributed by atoms with Gasteiger partial charge in [-0.25, -0.2) is 0 Å². The predicted molar refractivity (Wildman–Crippen MR) is 191 cm³/mol. The Balaban J connectivity index is 0.000000357. The van der Waals surface area contributed by atoms with Crippen molar-refractivity contribution in [1.29, 1.82) is 0 Å². The lowest BCUT2D eigenvalue weighted by Gasteiger charge is -2.55. The molecule has 5 aliphatic rings. The van der Waals surface area contributed by atoms with Gasteiger partial charge >= 0.3 is 5.97 Å². The van der Waals surface area contributed by atoms with Crippen LogP contribution in [0.4, 0.5) is 0 Å². The molecule has 0 unspecified atom stereocenters. The van der Waals surface area contributed by atoms with Gasteiger partial charge in [0.25, 0.3) is 0 Å². The summed E-state index contributed by atoms with van der Waals surface area (Å²) in [4.78, 5) is 10.7. The molecule has 5 saturated carbocycles. The van der Waals surface area contributed by atoms with Crippen molar-refractivity contribution in [3.05, 3.63) is 48.0 Å². The second-order valence-corrected chi connectivity index (χ2v) is 22.3. The molecule has 1 aromatic carbocycles. The van der Waals surface area contributed by atoms with E-state index in [9.17, 15) is 9.90 Å². The second kappa shape index (κ2) is 16.8. The third-order valence-electron chi connectivity index (χ3n) is 12.2. The Morgan fingerprint density at radius 1 is 0.891 bits per heavy atom. The minimum Gasteiger partial charge on any atom is -0.481 e. The minimum atomic E-state index is -2.03. The molecule has 0 aromatic heterocycles. The minimum absolute atomic E-state index is 0.0474. The van der Waals surface area contributed by atoms with Gasteiger partial charge in [0.05, 0.1) is 18.8 Å². The number of aliphatic carboxylic acids is 1. The van der Waals surface area contributed by atoms with E-state index < -0.39 is 20.4 Å². The van der Waals surface area contributed by atoms with Crippen molar-refractivity contribution in [1.82, 2.24) is 0 Å². The number of carboxylic acid groups (broad SMARTS) is 1. The summed E-state index contributed by atoms with van der Waals surface area (Å²) < 4.78 is 13.4. The van der Waals surface area contributed by atoms with Crippen LogP contribution >= 0.6 is 0 Å². The molecule has 1 aromatic rings. The van der Waals surface area contributed by atoms with Crippen molar-refractivity contribution in [2.45, 2.75) is 155 Å². The smallest absolute Gasteiger partial charge is 0.303 e. The van der Waals surface area contributed by atoms with Gasteiger partial charge < -0.3 is 19.4 Å². The van der Waals surface area contributed by atoms with Gasteiger partial charge in [0.1, 0.15) is 0 Å². The first kappa shape index (κ1) is 37.3. The molecule has 0 aliphatic heterocycles. The van der Waals surface area contributed by atoms with E-state index >= 15 is 0 Å². The number of unbranched alkanes of at least 4 members (excludes halogenated alkanes) is 1. The topological polar surface area (TPSA) is 76.0 Å². The molecule has 46 heavy (non-hydrogen) atoms. The van der Waals surface area contributed by atoms with E-state index in [0.29, 0.717) is 42.7 Å². The molecule has 5 aliphatic carbocycles. The number of aliphatic hydroxyl groups is 1. The second-order valence-electron chi connectivity index (χ2n) is 16.8. The molecule has 4 atom stereocenters. The van der Waals surface area contributed by atoms with Crippen molar-refractivity contribution >= 4 is 14.3 Å². The third kappa shape index (κ3) is 9.57. The summed E-state index contributed by atoms with van der Waals surface area (Å²) in [6.45, 7) is 17.5. The molecule has 260 valence electrons. The van der Waals surface area contributed by atoms with Crippen LogP contribution in [-0.2, 0) is 20.6 Å². The molecule has 6 heteroatoms. The van der Waals surface area contributed by atoms with E-state index in [-0.39, 0.29) is 24.4 Å². The van der Waals surface area contributed by atoms with Crippen LogP contribution in [0.2, 0.25) is 16.6 Å². The summed E-state index contributed by atoms with van der Waals surface area (Å²) in [5.74, 6) is 2.88. The SMILES string of the molecule is CC(C)[Si](OC[C@@H]1[C@@H](C/C=C\CCCC(=O)O)[C@@H](O)C[C@H]1OCc1ccccc1)(C(C)C)C(C)C.CC12CC3CC(CC(C3)C1)C2. The molecule has 0 heterocycles. The molecule has 0 spiro atoms. The molecule has 2 N–H and O–H groups in total. The van der Waals surface area contributed by atoms with Gasteiger partial charge in [-0.2, -0.15) is 0 Å². The van der Waals surface area contributed by atoms with Crippen LogP contribution in [0.25, 0.3) is 0 Å². The van der Waals surface area contributed by atoms with Gasteiger partial charge in [-0.3, -0.25) is 4.79 Å². The van der Waals surface area contributed by atoms with Crippen LogP contribution in [0.15, 0.2) is 42.5 Å².